The number of nitrogens with zero attached hydrogens (tertiary/aromatic N) is 1. The maximum atomic E-state index is 11.4. The van der Waals surface area contributed by atoms with Gasteiger partial charge in [0.2, 0.25) is 5.91 Å². The van der Waals surface area contributed by atoms with Gasteiger partial charge in [0, 0.05) is 13.0 Å². The van der Waals surface area contributed by atoms with Crippen LogP contribution in [0.15, 0.2) is 0 Å². The van der Waals surface area contributed by atoms with Crippen LogP contribution in [0.25, 0.3) is 0 Å². The van der Waals surface area contributed by atoms with Crippen LogP contribution in [-0.4, -0.2) is 37.1 Å². The van der Waals surface area contributed by atoms with Crippen molar-refractivity contribution < 1.29 is 14.3 Å². The van der Waals surface area contributed by atoms with Crippen molar-refractivity contribution in [3.8, 4) is 0 Å². The van der Waals surface area contributed by atoms with Gasteiger partial charge in [-0.1, -0.05) is 6.42 Å². The van der Waals surface area contributed by atoms with Gasteiger partial charge in [0.1, 0.15) is 6.54 Å². The molecule has 1 fully saturated rings. The van der Waals surface area contributed by atoms with Crippen molar-refractivity contribution in [2.24, 2.45) is 0 Å². The van der Waals surface area contributed by atoms with Crippen molar-refractivity contribution in [2.75, 3.05) is 20.2 Å². The lowest BCUT2D eigenvalue weighted by atomic mass is 10.2. The van der Waals surface area contributed by atoms with Crippen molar-refractivity contribution in [2.45, 2.75) is 25.7 Å². The fourth-order valence-electron chi connectivity index (χ4n) is 1.38. The van der Waals surface area contributed by atoms with E-state index in [0.717, 1.165) is 19.3 Å². The highest BCUT2D eigenvalue weighted by Crippen LogP contribution is 2.08. The monoisotopic (exact) mass is 200 g/mol. The van der Waals surface area contributed by atoms with E-state index in [0.29, 0.717) is 13.0 Å². The van der Waals surface area contributed by atoms with Gasteiger partial charge in [0.25, 0.3) is 0 Å². The molecule has 80 valence electrons. The molecule has 1 heterocycles. The molecule has 0 aromatic carbocycles. The second kappa shape index (κ2) is 5.59. The maximum Gasteiger partial charge on any atom is 0.321 e. The molecule has 0 aromatic heterocycles. The van der Waals surface area contributed by atoms with Crippen LogP contribution in [0.3, 0.4) is 0 Å². The van der Waals surface area contributed by atoms with Crippen LogP contribution < -0.4 is 5.43 Å². The first kappa shape index (κ1) is 11.0. The normalized spacial score (nSPS) is 17.8. The summed E-state index contributed by atoms with van der Waals surface area (Å²) < 4.78 is 4.47. The summed E-state index contributed by atoms with van der Waals surface area (Å²) in [6, 6.07) is 0. The molecule has 0 bridgehead atoms. The SMILES string of the molecule is COC(=O)CNN1CCCCCC1=O. The minimum absolute atomic E-state index is 0.0578. The summed E-state index contributed by atoms with van der Waals surface area (Å²) in [5, 5.41) is 1.52. The molecule has 1 rings (SSSR count). The third-order valence-corrected chi connectivity index (χ3v) is 2.22. The summed E-state index contributed by atoms with van der Waals surface area (Å²) in [5.74, 6) is -0.298. The Kier molecular flexibility index (Phi) is 4.39. The zero-order chi connectivity index (χ0) is 10.4. The van der Waals surface area contributed by atoms with E-state index in [-0.39, 0.29) is 18.4 Å². The average molecular weight is 200 g/mol. The molecule has 5 nitrogen and oxygen atoms in total. The molecule has 0 saturated carbocycles. The van der Waals surface area contributed by atoms with Gasteiger partial charge >= 0.3 is 5.97 Å². The third kappa shape index (κ3) is 3.33. The predicted octanol–water partition coefficient (Wildman–Crippen LogP) is 0.0666. The van der Waals surface area contributed by atoms with Crippen LogP contribution in [0.1, 0.15) is 25.7 Å². The summed E-state index contributed by atoms with van der Waals surface area (Å²) >= 11 is 0. The van der Waals surface area contributed by atoms with E-state index in [2.05, 4.69) is 10.2 Å². The van der Waals surface area contributed by atoms with Gasteiger partial charge in [-0.15, -0.1) is 0 Å². The lowest BCUT2D eigenvalue weighted by Gasteiger charge is -2.20. The van der Waals surface area contributed by atoms with E-state index in [1.165, 1.54) is 12.1 Å². The highest BCUT2D eigenvalue weighted by Gasteiger charge is 2.16. The molecule has 0 radical (unpaired) electrons. The predicted molar refractivity (Wildman–Crippen MR) is 50.2 cm³/mol. The highest BCUT2D eigenvalue weighted by molar-refractivity contribution is 5.77. The van der Waals surface area contributed by atoms with E-state index in [9.17, 15) is 9.59 Å². The highest BCUT2D eigenvalue weighted by atomic mass is 16.5. The van der Waals surface area contributed by atoms with E-state index >= 15 is 0 Å². The standard InChI is InChI=1S/C9H16N2O3/c1-14-9(13)7-10-11-6-4-2-3-5-8(11)12/h10H,2-7H2,1H3. The molecule has 14 heavy (non-hydrogen) atoms. The number of esters is 1. The molecule has 0 aromatic rings. The van der Waals surface area contributed by atoms with Crippen LogP contribution in [0, 0.1) is 0 Å². The summed E-state index contributed by atoms with van der Waals surface area (Å²) in [5.41, 5.74) is 2.77. The number of hydrogen-bond acceptors (Lipinski definition) is 4. The van der Waals surface area contributed by atoms with Crippen molar-refractivity contribution >= 4 is 11.9 Å². The number of carbonyl (C=O) groups excluding carboxylic acids is 2. The smallest absolute Gasteiger partial charge is 0.321 e. The van der Waals surface area contributed by atoms with Gasteiger partial charge in [0.15, 0.2) is 0 Å². The Labute approximate surface area is 83.4 Å². The van der Waals surface area contributed by atoms with E-state index in [1.807, 2.05) is 0 Å². The largest absolute Gasteiger partial charge is 0.468 e. The van der Waals surface area contributed by atoms with Gasteiger partial charge in [-0.25, -0.2) is 5.43 Å². The minimum Gasteiger partial charge on any atom is -0.468 e. The molecule has 1 N–H and O–H groups in total. The molecule has 0 unspecified atom stereocenters. The Balaban J connectivity index is 2.33. The van der Waals surface area contributed by atoms with Crippen LogP contribution >= 0.6 is 0 Å². The van der Waals surface area contributed by atoms with Crippen LogP contribution in [0.4, 0.5) is 0 Å². The Hall–Kier alpha value is -1.10. The molecule has 0 aliphatic carbocycles. The second-order valence-corrected chi connectivity index (χ2v) is 3.27. The zero-order valence-electron chi connectivity index (χ0n) is 8.41. The summed E-state index contributed by atoms with van der Waals surface area (Å²) in [6.07, 6.45) is 3.56. The van der Waals surface area contributed by atoms with E-state index in [1.54, 1.807) is 0 Å². The van der Waals surface area contributed by atoms with Gasteiger partial charge in [0.05, 0.1) is 7.11 Å². The van der Waals surface area contributed by atoms with Crippen molar-refractivity contribution in [3.63, 3.8) is 0 Å². The van der Waals surface area contributed by atoms with Gasteiger partial charge in [-0.3, -0.25) is 14.6 Å². The minimum atomic E-state index is -0.359. The van der Waals surface area contributed by atoms with Crippen LogP contribution in [0.2, 0.25) is 0 Å². The van der Waals surface area contributed by atoms with Crippen molar-refractivity contribution in [3.05, 3.63) is 0 Å². The second-order valence-electron chi connectivity index (χ2n) is 3.27. The molecule has 0 spiro atoms. The van der Waals surface area contributed by atoms with Crippen molar-refractivity contribution in [1.82, 2.24) is 10.4 Å². The number of carbonyl (C=O) groups is 2. The molecular formula is C9H16N2O3. The number of methoxy groups -OCH3 is 1. The number of rotatable bonds is 3. The molecule has 0 atom stereocenters. The molecule has 5 heteroatoms. The van der Waals surface area contributed by atoms with Gasteiger partial charge in [-0.05, 0) is 12.8 Å². The zero-order valence-corrected chi connectivity index (χ0v) is 8.41. The van der Waals surface area contributed by atoms with Gasteiger partial charge in [-0.2, -0.15) is 0 Å². The lowest BCUT2D eigenvalue weighted by molar-refractivity contribution is -0.142. The quantitative estimate of drug-likeness (QED) is 0.655. The molecular weight excluding hydrogens is 184 g/mol. The van der Waals surface area contributed by atoms with Crippen LogP contribution in [0.5, 0.6) is 0 Å². The fourth-order valence-corrected chi connectivity index (χ4v) is 1.38. The molecule has 1 amide bonds. The summed E-state index contributed by atoms with van der Waals surface area (Å²) in [7, 11) is 1.33. The topological polar surface area (TPSA) is 58.6 Å². The number of hydrazine groups is 1. The molecule has 1 aliphatic heterocycles. The lowest BCUT2D eigenvalue weighted by Crippen LogP contribution is -2.45. The number of nitrogens with one attached hydrogen (secondary N) is 1. The Bertz CT molecular complexity index is 218. The van der Waals surface area contributed by atoms with Gasteiger partial charge < -0.3 is 4.74 Å². The summed E-state index contributed by atoms with van der Waals surface area (Å²) in [6.45, 7) is 0.734. The Morgan fingerprint density at radius 3 is 3.00 bits per heavy atom. The first-order chi connectivity index (χ1) is 6.74. The van der Waals surface area contributed by atoms with E-state index < -0.39 is 0 Å². The van der Waals surface area contributed by atoms with E-state index in [4.69, 9.17) is 0 Å². The summed E-state index contributed by atoms with van der Waals surface area (Å²) in [4.78, 5) is 22.3. The van der Waals surface area contributed by atoms with Crippen molar-refractivity contribution in [1.29, 1.82) is 0 Å². The fraction of sp³-hybridized carbons (Fsp3) is 0.778. The number of amides is 1. The third-order valence-electron chi connectivity index (χ3n) is 2.22. The first-order valence-corrected chi connectivity index (χ1v) is 4.84. The Morgan fingerprint density at radius 1 is 1.50 bits per heavy atom. The number of ether oxygens (including phenoxy) is 1. The maximum absolute atomic E-state index is 11.4. The molecule has 1 saturated heterocycles. The molecule has 1 aliphatic rings. The van der Waals surface area contributed by atoms with Crippen LogP contribution in [-0.2, 0) is 14.3 Å². The Morgan fingerprint density at radius 2 is 2.29 bits per heavy atom. The average Bonchev–Trinajstić information content (AvgIpc) is 2.39. The number of hydrogen-bond donors (Lipinski definition) is 1. The first-order valence-electron chi connectivity index (χ1n) is 4.84.